The zero-order chi connectivity index (χ0) is 7.40. The first-order valence-corrected chi connectivity index (χ1v) is 2.93. The Balaban J connectivity index is 3.06. The minimum Gasteiger partial charge on any atom is -0.0843 e. The first-order valence-electron chi connectivity index (χ1n) is 2.55. The molecular weight excluding hydrogens is 150 g/mol. The number of halogens is 1. The molecule has 0 aliphatic rings. The van der Waals surface area contributed by atoms with Gasteiger partial charge in [-0.25, -0.2) is 0 Å². The van der Waals surface area contributed by atoms with Crippen molar-refractivity contribution in [2.75, 3.05) is 0 Å². The van der Waals surface area contributed by atoms with Gasteiger partial charge in [0.05, 0.1) is 0 Å². The van der Waals surface area contributed by atoms with Crippen molar-refractivity contribution in [2.45, 2.75) is 0 Å². The molecule has 0 aliphatic heterocycles. The molecule has 0 unspecified atom stereocenters. The molecule has 10 heavy (non-hydrogen) atoms. The second-order valence-electron chi connectivity index (χ2n) is 1.58. The predicted octanol–water partition coefficient (Wildman–Crippen LogP) is 3.08. The Morgan fingerprint density at radius 1 is 1.70 bits per heavy atom. The summed E-state index contributed by atoms with van der Waals surface area (Å²) in [7, 11) is 0. The van der Waals surface area contributed by atoms with E-state index in [9.17, 15) is 0 Å². The van der Waals surface area contributed by atoms with E-state index in [2.05, 4.69) is 16.1 Å². The molecular formula is C6H3ClN3. The third kappa shape index (κ3) is 1.65. The van der Waals surface area contributed by atoms with Gasteiger partial charge in [-0.3, -0.25) is 0 Å². The van der Waals surface area contributed by atoms with Crippen molar-refractivity contribution in [1.29, 1.82) is 0 Å². The Labute approximate surface area is 62.9 Å². The highest BCUT2D eigenvalue weighted by Crippen LogP contribution is 2.16. The van der Waals surface area contributed by atoms with Crippen LogP contribution in [0.5, 0.6) is 0 Å². The lowest BCUT2D eigenvalue weighted by Gasteiger charge is -1.88. The molecule has 0 fully saturated rings. The van der Waals surface area contributed by atoms with Crippen LogP contribution in [0.25, 0.3) is 10.4 Å². The van der Waals surface area contributed by atoms with E-state index in [-0.39, 0.29) is 0 Å². The summed E-state index contributed by atoms with van der Waals surface area (Å²) in [5.74, 6) is 0. The van der Waals surface area contributed by atoms with Gasteiger partial charge in [-0.15, -0.1) is 0 Å². The molecule has 0 aromatic heterocycles. The van der Waals surface area contributed by atoms with Gasteiger partial charge in [-0.05, 0) is 23.7 Å². The molecule has 1 radical (unpaired) electrons. The first kappa shape index (κ1) is 6.93. The van der Waals surface area contributed by atoms with Gasteiger partial charge in [0.1, 0.15) is 0 Å². The number of hydrogen-bond donors (Lipinski definition) is 0. The molecule has 0 bridgehead atoms. The van der Waals surface area contributed by atoms with Crippen molar-refractivity contribution < 1.29 is 0 Å². The lowest BCUT2D eigenvalue weighted by Crippen LogP contribution is -1.62. The van der Waals surface area contributed by atoms with Crippen LogP contribution in [0.2, 0.25) is 5.02 Å². The highest BCUT2D eigenvalue weighted by atomic mass is 35.5. The van der Waals surface area contributed by atoms with Crippen LogP contribution >= 0.6 is 11.6 Å². The van der Waals surface area contributed by atoms with Crippen LogP contribution in [0.4, 0.5) is 5.69 Å². The van der Waals surface area contributed by atoms with Crippen LogP contribution < -0.4 is 0 Å². The summed E-state index contributed by atoms with van der Waals surface area (Å²) in [5.41, 5.74) is 8.42. The van der Waals surface area contributed by atoms with Gasteiger partial charge in [0.25, 0.3) is 0 Å². The molecule has 1 aromatic carbocycles. The number of rotatable bonds is 1. The van der Waals surface area contributed by atoms with Crippen LogP contribution in [0, 0.1) is 6.07 Å². The molecule has 0 saturated carbocycles. The van der Waals surface area contributed by atoms with Crippen molar-refractivity contribution in [3.63, 3.8) is 0 Å². The zero-order valence-corrected chi connectivity index (χ0v) is 5.71. The van der Waals surface area contributed by atoms with Gasteiger partial charge >= 0.3 is 0 Å². The average Bonchev–Trinajstić information content (AvgIpc) is 1.88. The van der Waals surface area contributed by atoms with E-state index in [0.29, 0.717) is 10.7 Å². The monoisotopic (exact) mass is 152 g/mol. The largest absolute Gasteiger partial charge is 0.0843 e. The quantitative estimate of drug-likeness (QED) is 0.337. The maximum Gasteiger partial charge on any atom is 0.0468 e. The Morgan fingerprint density at radius 2 is 2.50 bits per heavy atom. The summed E-state index contributed by atoms with van der Waals surface area (Å²) in [6, 6.07) is 7.52. The summed E-state index contributed by atoms with van der Waals surface area (Å²) < 4.78 is 0. The van der Waals surface area contributed by atoms with Crippen molar-refractivity contribution in [2.24, 2.45) is 5.11 Å². The zero-order valence-electron chi connectivity index (χ0n) is 4.95. The normalized spacial score (nSPS) is 8.50. The fraction of sp³-hybridized carbons (Fsp3) is 0. The molecule has 1 aromatic rings. The molecule has 49 valence electrons. The van der Waals surface area contributed by atoms with Gasteiger partial charge in [-0.1, -0.05) is 22.8 Å². The van der Waals surface area contributed by atoms with Crippen molar-refractivity contribution >= 4 is 17.3 Å². The molecule has 1 rings (SSSR count). The van der Waals surface area contributed by atoms with E-state index in [0.717, 1.165) is 0 Å². The number of hydrogen-bond acceptors (Lipinski definition) is 1. The summed E-state index contributed by atoms with van der Waals surface area (Å²) >= 11 is 5.58. The van der Waals surface area contributed by atoms with Crippen LogP contribution in [0.1, 0.15) is 0 Å². The first-order chi connectivity index (χ1) is 4.83. The van der Waals surface area contributed by atoms with Crippen molar-refractivity contribution in [3.8, 4) is 0 Å². The number of azide groups is 1. The second kappa shape index (κ2) is 3.11. The molecule has 0 N–H and O–H groups in total. The van der Waals surface area contributed by atoms with Crippen LogP contribution in [-0.2, 0) is 0 Å². The summed E-state index contributed by atoms with van der Waals surface area (Å²) in [4.78, 5) is 2.58. The molecule has 4 heteroatoms. The Hall–Kier alpha value is -1.18. The third-order valence-corrected chi connectivity index (χ3v) is 1.14. The minimum atomic E-state index is 0.412. The number of nitrogens with zero attached hydrogens (tertiary/aromatic N) is 3. The predicted molar refractivity (Wildman–Crippen MR) is 39.1 cm³/mol. The average molecular weight is 153 g/mol. The standard InChI is InChI=1S/C6H3ClN3/c7-5-2-1-3-6(4-5)9-10-8/h1-2,4H. The lowest BCUT2D eigenvalue weighted by atomic mass is 10.3. The smallest absolute Gasteiger partial charge is 0.0468 e. The molecule has 0 saturated heterocycles. The molecule has 0 aliphatic carbocycles. The van der Waals surface area contributed by atoms with Gasteiger partial charge in [0.2, 0.25) is 0 Å². The highest BCUT2D eigenvalue weighted by Gasteiger charge is 1.87. The Kier molecular flexibility index (Phi) is 2.15. The van der Waals surface area contributed by atoms with E-state index in [1.807, 2.05) is 0 Å². The maximum absolute atomic E-state index is 8.01. The third-order valence-electron chi connectivity index (χ3n) is 0.901. The van der Waals surface area contributed by atoms with Gasteiger partial charge in [0.15, 0.2) is 0 Å². The van der Waals surface area contributed by atoms with E-state index in [1.54, 1.807) is 18.2 Å². The minimum absolute atomic E-state index is 0.412. The van der Waals surface area contributed by atoms with E-state index in [1.165, 1.54) is 0 Å². The van der Waals surface area contributed by atoms with E-state index in [4.69, 9.17) is 17.1 Å². The summed E-state index contributed by atoms with van der Waals surface area (Å²) in [6.07, 6.45) is 0. The molecule has 0 amide bonds. The summed E-state index contributed by atoms with van der Waals surface area (Å²) in [6.45, 7) is 0. The van der Waals surface area contributed by atoms with Crippen molar-refractivity contribution in [3.05, 3.63) is 39.7 Å². The summed E-state index contributed by atoms with van der Waals surface area (Å²) in [5, 5.41) is 3.85. The fourth-order valence-corrected chi connectivity index (χ4v) is 0.699. The second-order valence-corrected chi connectivity index (χ2v) is 2.02. The SMILES string of the molecule is [N-]=[N+]=Nc1[c]ccc(Cl)c1. The maximum atomic E-state index is 8.01. The van der Waals surface area contributed by atoms with Gasteiger partial charge in [-0.2, -0.15) is 0 Å². The number of benzene rings is 1. The fourth-order valence-electron chi connectivity index (χ4n) is 0.533. The molecule has 3 nitrogen and oxygen atoms in total. The van der Waals surface area contributed by atoms with Crippen molar-refractivity contribution in [1.82, 2.24) is 0 Å². The van der Waals surface area contributed by atoms with Crippen LogP contribution in [0.3, 0.4) is 0 Å². The van der Waals surface area contributed by atoms with E-state index < -0.39 is 0 Å². The van der Waals surface area contributed by atoms with Crippen LogP contribution in [-0.4, -0.2) is 0 Å². The Bertz CT molecular complexity index is 278. The molecule has 0 spiro atoms. The topological polar surface area (TPSA) is 48.8 Å². The van der Waals surface area contributed by atoms with E-state index >= 15 is 0 Å². The lowest BCUT2D eigenvalue weighted by molar-refractivity contribution is 1.47. The van der Waals surface area contributed by atoms with Gasteiger partial charge < -0.3 is 0 Å². The van der Waals surface area contributed by atoms with Crippen LogP contribution in [0.15, 0.2) is 23.3 Å². The highest BCUT2D eigenvalue weighted by molar-refractivity contribution is 6.30. The van der Waals surface area contributed by atoms with Gasteiger partial charge in [0, 0.05) is 15.6 Å². The molecule has 0 heterocycles. The molecule has 0 atom stereocenters. The Morgan fingerprint density at radius 3 is 3.10 bits per heavy atom.